The number of methoxy groups -OCH3 is 1. The standard InChI is InChI=1S/C15H19NO5/c1-3-21-12-5-4-10(6-13(12)20-2)8-16-9-11(15(18)19)7-14(16)17/h4-6,11H,3,7-9H2,1-2H3,(H,18,19)/p-1/t11-/m0/s1. The zero-order valence-corrected chi connectivity index (χ0v) is 12.1. The third-order valence-electron chi connectivity index (χ3n) is 3.45. The fourth-order valence-corrected chi connectivity index (χ4v) is 2.39. The average molecular weight is 292 g/mol. The molecule has 1 amide bonds. The molecule has 0 aromatic heterocycles. The average Bonchev–Trinajstić information content (AvgIpc) is 2.82. The highest BCUT2D eigenvalue weighted by molar-refractivity contribution is 5.85. The molecule has 1 saturated heterocycles. The van der Waals surface area contributed by atoms with Gasteiger partial charge in [-0.15, -0.1) is 0 Å². The number of aliphatic carboxylic acids is 1. The molecule has 21 heavy (non-hydrogen) atoms. The van der Waals surface area contributed by atoms with Gasteiger partial charge in [0.25, 0.3) is 0 Å². The Balaban J connectivity index is 2.09. The van der Waals surface area contributed by atoms with E-state index in [1.165, 1.54) is 4.90 Å². The Morgan fingerprint density at radius 3 is 2.76 bits per heavy atom. The number of benzene rings is 1. The molecule has 0 saturated carbocycles. The van der Waals surface area contributed by atoms with Gasteiger partial charge in [-0.05, 0) is 24.6 Å². The lowest BCUT2D eigenvalue weighted by molar-refractivity contribution is -0.311. The molecule has 2 rings (SSSR count). The van der Waals surface area contributed by atoms with Crippen LogP contribution in [0.3, 0.4) is 0 Å². The van der Waals surface area contributed by atoms with E-state index in [9.17, 15) is 14.7 Å². The monoisotopic (exact) mass is 292 g/mol. The van der Waals surface area contributed by atoms with Crippen molar-refractivity contribution in [3.05, 3.63) is 23.8 Å². The molecule has 1 aromatic carbocycles. The number of carbonyl (C=O) groups excluding carboxylic acids is 2. The molecule has 1 aromatic rings. The molecule has 1 atom stereocenters. The van der Waals surface area contributed by atoms with E-state index >= 15 is 0 Å². The van der Waals surface area contributed by atoms with E-state index in [1.54, 1.807) is 19.2 Å². The second-order valence-electron chi connectivity index (χ2n) is 4.91. The zero-order valence-electron chi connectivity index (χ0n) is 12.1. The predicted octanol–water partition coefficient (Wildman–Crippen LogP) is 0.192. The van der Waals surface area contributed by atoms with Crippen LogP contribution in [0.4, 0.5) is 0 Å². The number of ether oxygens (including phenoxy) is 2. The van der Waals surface area contributed by atoms with Crippen molar-refractivity contribution in [3.8, 4) is 11.5 Å². The summed E-state index contributed by atoms with van der Waals surface area (Å²) in [7, 11) is 1.55. The minimum atomic E-state index is -1.17. The maximum atomic E-state index is 11.8. The van der Waals surface area contributed by atoms with Crippen LogP contribution in [0.15, 0.2) is 18.2 Å². The third kappa shape index (κ3) is 3.45. The van der Waals surface area contributed by atoms with Crippen LogP contribution in [0.25, 0.3) is 0 Å². The summed E-state index contributed by atoms with van der Waals surface area (Å²) in [4.78, 5) is 24.2. The van der Waals surface area contributed by atoms with Crippen molar-refractivity contribution in [1.29, 1.82) is 0 Å². The Kier molecular flexibility index (Phi) is 4.67. The highest BCUT2D eigenvalue weighted by Crippen LogP contribution is 2.29. The summed E-state index contributed by atoms with van der Waals surface area (Å²) in [5.41, 5.74) is 0.864. The molecule has 0 aliphatic carbocycles. The normalized spacial score (nSPS) is 17.9. The molecule has 6 nitrogen and oxygen atoms in total. The molecule has 1 fully saturated rings. The van der Waals surface area contributed by atoms with Crippen molar-refractivity contribution in [1.82, 2.24) is 4.90 Å². The van der Waals surface area contributed by atoms with Crippen molar-refractivity contribution < 1.29 is 24.2 Å². The second-order valence-corrected chi connectivity index (χ2v) is 4.91. The van der Waals surface area contributed by atoms with E-state index in [-0.39, 0.29) is 18.9 Å². The molecular formula is C15H18NO5-. The Morgan fingerprint density at radius 1 is 1.43 bits per heavy atom. The van der Waals surface area contributed by atoms with Gasteiger partial charge in [-0.2, -0.15) is 0 Å². The van der Waals surface area contributed by atoms with Crippen molar-refractivity contribution in [3.63, 3.8) is 0 Å². The van der Waals surface area contributed by atoms with Crippen molar-refractivity contribution >= 4 is 11.9 Å². The SMILES string of the molecule is CCOc1ccc(CN2C[C@@H](C(=O)[O-])CC2=O)cc1OC. The Morgan fingerprint density at radius 2 is 2.19 bits per heavy atom. The Hall–Kier alpha value is -2.24. The number of rotatable bonds is 6. The molecule has 1 heterocycles. The summed E-state index contributed by atoms with van der Waals surface area (Å²) in [5, 5.41) is 10.8. The van der Waals surface area contributed by atoms with Crippen LogP contribution in [0.2, 0.25) is 0 Å². The first kappa shape index (κ1) is 15.2. The predicted molar refractivity (Wildman–Crippen MR) is 72.7 cm³/mol. The maximum Gasteiger partial charge on any atom is 0.223 e. The molecule has 0 spiro atoms. The van der Waals surface area contributed by atoms with Gasteiger partial charge < -0.3 is 24.3 Å². The van der Waals surface area contributed by atoms with E-state index < -0.39 is 11.9 Å². The summed E-state index contributed by atoms with van der Waals surface area (Å²) in [6.45, 7) is 2.96. The number of carbonyl (C=O) groups is 2. The minimum Gasteiger partial charge on any atom is -0.550 e. The first-order valence-corrected chi connectivity index (χ1v) is 6.83. The van der Waals surface area contributed by atoms with Gasteiger partial charge in [0, 0.05) is 31.4 Å². The molecule has 0 radical (unpaired) electrons. The van der Waals surface area contributed by atoms with Crippen LogP contribution in [0.1, 0.15) is 18.9 Å². The summed E-state index contributed by atoms with van der Waals surface area (Å²) < 4.78 is 10.7. The number of nitrogens with zero attached hydrogens (tertiary/aromatic N) is 1. The van der Waals surface area contributed by atoms with Crippen LogP contribution in [-0.4, -0.2) is 37.0 Å². The summed E-state index contributed by atoms with van der Waals surface area (Å²) in [5.74, 6) is -0.823. The van der Waals surface area contributed by atoms with E-state index in [4.69, 9.17) is 9.47 Å². The molecule has 0 bridgehead atoms. The molecule has 1 aliphatic heterocycles. The largest absolute Gasteiger partial charge is 0.550 e. The van der Waals surface area contributed by atoms with E-state index in [0.717, 1.165) is 5.56 Å². The maximum absolute atomic E-state index is 11.8. The van der Waals surface area contributed by atoms with Crippen molar-refractivity contribution in [2.75, 3.05) is 20.3 Å². The lowest BCUT2D eigenvalue weighted by Gasteiger charge is -2.18. The van der Waals surface area contributed by atoms with Gasteiger partial charge in [-0.3, -0.25) is 4.79 Å². The number of amides is 1. The van der Waals surface area contributed by atoms with Gasteiger partial charge in [0.2, 0.25) is 5.91 Å². The first-order valence-electron chi connectivity index (χ1n) is 6.83. The zero-order chi connectivity index (χ0) is 15.4. The number of likely N-dealkylation sites (tertiary alicyclic amines) is 1. The molecular weight excluding hydrogens is 274 g/mol. The topological polar surface area (TPSA) is 78.9 Å². The van der Waals surface area contributed by atoms with Gasteiger partial charge in [-0.1, -0.05) is 6.07 Å². The second kappa shape index (κ2) is 6.47. The highest BCUT2D eigenvalue weighted by Gasteiger charge is 2.30. The van der Waals surface area contributed by atoms with Gasteiger partial charge >= 0.3 is 0 Å². The van der Waals surface area contributed by atoms with Crippen LogP contribution in [0, 0.1) is 5.92 Å². The van der Waals surface area contributed by atoms with E-state index in [2.05, 4.69) is 0 Å². The molecule has 114 valence electrons. The molecule has 6 heteroatoms. The number of carboxylic acid groups (broad SMARTS) is 1. The summed E-state index contributed by atoms with van der Waals surface area (Å²) in [6, 6.07) is 5.42. The van der Waals surface area contributed by atoms with Gasteiger partial charge in [0.05, 0.1) is 13.7 Å². The minimum absolute atomic E-state index is 0.0104. The van der Waals surface area contributed by atoms with E-state index in [0.29, 0.717) is 24.7 Å². The smallest absolute Gasteiger partial charge is 0.223 e. The lowest BCUT2D eigenvalue weighted by atomic mass is 10.1. The van der Waals surface area contributed by atoms with Gasteiger partial charge in [0.1, 0.15) is 0 Å². The van der Waals surface area contributed by atoms with Crippen LogP contribution >= 0.6 is 0 Å². The first-order chi connectivity index (χ1) is 10.0. The number of hydrogen-bond acceptors (Lipinski definition) is 5. The quantitative estimate of drug-likeness (QED) is 0.748. The number of hydrogen-bond donors (Lipinski definition) is 0. The van der Waals surface area contributed by atoms with Gasteiger partial charge in [0.15, 0.2) is 11.5 Å². The fraction of sp³-hybridized carbons (Fsp3) is 0.467. The Bertz CT molecular complexity index is 543. The van der Waals surface area contributed by atoms with Crippen LogP contribution in [0.5, 0.6) is 11.5 Å². The van der Waals surface area contributed by atoms with Gasteiger partial charge in [-0.25, -0.2) is 0 Å². The third-order valence-corrected chi connectivity index (χ3v) is 3.45. The number of carboxylic acids is 1. The molecule has 0 unspecified atom stereocenters. The van der Waals surface area contributed by atoms with Crippen molar-refractivity contribution in [2.45, 2.75) is 19.9 Å². The summed E-state index contributed by atoms with van der Waals surface area (Å²) >= 11 is 0. The van der Waals surface area contributed by atoms with E-state index in [1.807, 2.05) is 13.0 Å². The molecule has 0 N–H and O–H groups in total. The fourth-order valence-electron chi connectivity index (χ4n) is 2.39. The lowest BCUT2D eigenvalue weighted by Crippen LogP contribution is -2.33. The summed E-state index contributed by atoms with van der Waals surface area (Å²) in [6.07, 6.45) is 0.0104. The Labute approximate surface area is 123 Å². The van der Waals surface area contributed by atoms with Crippen molar-refractivity contribution in [2.24, 2.45) is 5.92 Å². The van der Waals surface area contributed by atoms with Crippen LogP contribution in [-0.2, 0) is 16.1 Å². The highest BCUT2D eigenvalue weighted by atomic mass is 16.5. The molecule has 1 aliphatic rings. The van der Waals surface area contributed by atoms with Crippen LogP contribution < -0.4 is 14.6 Å².